The van der Waals surface area contributed by atoms with Gasteiger partial charge in [-0.25, -0.2) is 0 Å². The lowest BCUT2D eigenvalue weighted by Crippen LogP contribution is -2.59. The SMILES string of the molecule is COc1ccc2c(c1)[C@@]1(CCCC(O)CO)CCN(CC3CC3)C(C2)[C@@H]1C. The Balaban J connectivity index is 1.63. The molecule has 2 bridgehead atoms. The fraction of sp³-hybridized carbons (Fsp3) is 0.739. The lowest BCUT2D eigenvalue weighted by atomic mass is 9.56. The number of methoxy groups -OCH3 is 1. The number of aliphatic hydroxyl groups is 2. The molecule has 1 heterocycles. The molecule has 2 fully saturated rings. The van der Waals surface area contributed by atoms with Gasteiger partial charge in [0.15, 0.2) is 0 Å². The van der Waals surface area contributed by atoms with E-state index < -0.39 is 6.10 Å². The highest BCUT2D eigenvalue weighted by atomic mass is 16.5. The van der Waals surface area contributed by atoms with Gasteiger partial charge in [0.25, 0.3) is 0 Å². The summed E-state index contributed by atoms with van der Waals surface area (Å²) in [5.41, 5.74) is 3.14. The molecule has 2 N–H and O–H groups in total. The first-order chi connectivity index (χ1) is 13.1. The summed E-state index contributed by atoms with van der Waals surface area (Å²) in [5.74, 6) is 2.49. The van der Waals surface area contributed by atoms with Crippen molar-refractivity contribution in [2.75, 3.05) is 26.8 Å². The predicted octanol–water partition coefficient (Wildman–Crippen LogP) is 3.13. The molecule has 4 atom stereocenters. The summed E-state index contributed by atoms with van der Waals surface area (Å²) in [6, 6.07) is 7.30. The van der Waals surface area contributed by atoms with E-state index in [1.807, 2.05) is 0 Å². The molecular weight excluding hydrogens is 338 g/mol. The van der Waals surface area contributed by atoms with Crippen LogP contribution in [0.1, 0.15) is 56.6 Å². The summed E-state index contributed by atoms with van der Waals surface area (Å²) in [5, 5.41) is 19.0. The smallest absolute Gasteiger partial charge is 0.119 e. The van der Waals surface area contributed by atoms with Gasteiger partial charge in [-0.05, 0) is 86.6 Å². The van der Waals surface area contributed by atoms with Gasteiger partial charge in [-0.15, -0.1) is 0 Å². The molecular formula is C23H35NO3. The average Bonchev–Trinajstić information content (AvgIpc) is 3.49. The molecule has 1 aliphatic heterocycles. The number of benzene rings is 1. The molecule has 2 aliphatic carbocycles. The van der Waals surface area contributed by atoms with Crippen molar-refractivity contribution in [3.63, 3.8) is 0 Å². The van der Waals surface area contributed by atoms with Crippen molar-refractivity contribution in [1.82, 2.24) is 4.90 Å². The van der Waals surface area contributed by atoms with Crippen LogP contribution in [0, 0.1) is 11.8 Å². The van der Waals surface area contributed by atoms with Gasteiger partial charge in [0.05, 0.1) is 19.8 Å². The standard InChI is InChI=1S/C23H35NO3/c1-16-22-12-18-7-8-20(27-2)13-21(18)23(16,9-3-4-19(26)15-25)10-11-24(22)14-17-5-6-17/h7-8,13,16-17,19,22,25-26H,3-6,9-12,14-15H2,1-2H3/t16-,19?,22?,23-/m0/s1. The fourth-order valence-electron chi connectivity index (χ4n) is 5.75. The van der Waals surface area contributed by atoms with E-state index in [-0.39, 0.29) is 12.0 Å². The summed E-state index contributed by atoms with van der Waals surface area (Å²) in [6.07, 6.45) is 7.29. The summed E-state index contributed by atoms with van der Waals surface area (Å²) in [4.78, 5) is 2.77. The molecule has 3 aliphatic rings. The maximum absolute atomic E-state index is 9.82. The van der Waals surface area contributed by atoms with Crippen molar-refractivity contribution in [2.24, 2.45) is 11.8 Å². The molecule has 0 aromatic heterocycles. The highest BCUT2D eigenvalue weighted by Gasteiger charge is 2.51. The minimum atomic E-state index is -0.587. The van der Waals surface area contributed by atoms with Crippen molar-refractivity contribution >= 4 is 0 Å². The van der Waals surface area contributed by atoms with Gasteiger partial charge < -0.3 is 14.9 Å². The third kappa shape index (κ3) is 3.64. The molecule has 1 aromatic carbocycles. The van der Waals surface area contributed by atoms with E-state index >= 15 is 0 Å². The highest BCUT2D eigenvalue weighted by molar-refractivity contribution is 5.45. The molecule has 1 saturated carbocycles. The van der Waals surface area contributed by atoms with Gasteiger partial charge in [-0.1, -0.05) is 13.0 Å². The van der Waals surface area contributed by atoms with Crippen LogP contribution >= 0.6 is 0 Å². The van der Waals surface area contributed by atoms with Crippen molar-refractivity contribution in [3.05, 3.63) is 29.3 Å². The molecule has 4 rings (SSSR count). The van der Waals surface area contributed by atoms with E-state index in [4.69, 9.17) is 4.74 Å². The first-order valence-corrected chi connectivity index (χ1v) is 10.8. The van der Waals surface area contributed by atoms with Crippen molar-refractivity contribution < 1.29 is 14.9 Å². The van der Waals surface area contributed by atoms with Crippen molar-refractivity contribution in [2.45, 2.75) is 69.4 Å². The molecule has 1 aromatic rings. The van der Waals surface area contributed by atoms with Crippen LogP contribution in [0.3, 0.4) is 0 Å². The lowest BCUT2D eigenvalue weighted by Gasteiger charge is -2.56. The monoisotopic (exact) mass is 373 g/mol. The molecule has 0 amide bonds. The maximum Gasteiger partial charge on any atom is 0.119 e. The molecule has 4 heteroatoms. The number of nitrogens with zero attached hydrogens (tertiary/aromatic N) is 1. The van der Waals surface area contributed by atoms with E-state index in [1.54, 1.807) is 7.11 Å². The van der Waals surface area contributed by atoms with Crippen LogP contribution in [0.2, 0.25) is 0 Å². The van der Waals surface area contributed by atoms with Crippen LogP contribution in [0.15, 0.2) is 18.2 Å². The van der Waals surface area contributed by atoms with Crippen LogP contribution in [0.25, 0.3) is 0 Å². The quantitative estimate of drug-likeness (QED) is 0.735. The second-order valence-electron chi connectivity index (χ2n) is 9.16. The second kappa shape index (κ2) is 7.73. The molecule has 4 nitrogen and oxygen atoms in total. The molecule has 27 heavy (non-hydrogen) atoms. The van der Waals surface area contributed by atoms with Crippen LogP contribution in [-0.2, 0) is 11.8 Å². The second-order valence-corrected chi connectivity index (χ2v) is 9.16. The van der Waals surface area contributed by atoms with Crippen LogP contribution in [0.4, 0.5) is 0 Å². The zero-order valence-electron chi connectivity index (χ0n) is 16.9. The number of hydrogen-bond acceptors (Lipinski definition) is 4. The minimum absolute atomic E-state index is 0.134. The van der Waals surface area contributed by atoms with Gasteiger partial charge >= 0.3 is 0 Å². The number of fused-ring (bicyclic) bond motifs is 4. The number of piperidine rings is 1. The summed E-state index contributed by atoms with van der Waals surface area (Å²) >= 11 is 0. The minimum Gasteiger partial charge on any atom is -0.497 e. The molecule has 0 spiro atoms. The molecule has 1 saturated heterocycles. The zero-order valence-corrected chi connectivity index (χ0v) is 16.9. The Morgan fingerprint density at radius 2 is 2.15 bits per heavy atom. The van der Waals surface area contributed by atoms with E-state index in [0.717, 1.165) is 30.9 Å². The Hall–Kier alpha value is -1.10. The van der Waals surface area contributed by atoms with Crippen LogP contribution in [-0.4, -0.2) is 54.1 Å². The number of hydrogen-bond donors (Lipinski definition) is 2. The number of rotatable bonds is 8. The number of aliphatic hydroxyl groups excluding tert-OH is 2. The van der Waals surface area contributed by atoms with Gasteiger partial charge in [-0.2, -0.15) is 0 Å². The third-order valence-corrected chi connectivity index (χ3v) is 7.61. The van der Waals surface area contributed by atoms with Crippen molar-refractivity contribution in [3.8, 4) is 5.75 Å². The summed E-state index contributed by atoms with van der Waals surface area (Å²) in [7, 11) is 1.75. The molecule has 150 valence electrons. The third-order valence-electron chi connectivity index (χ3n) is 7.61. The van der Waals surface area contributed by atoms with Crippen LogP contribution < -0.4 is 4.74 Å². The van der Waals surface area contributed by atoms with Gasteiger partial charge in [0.1, 0.15) is 5.75 Å². The lowest BCUT2D eigenvalue weighted by molar-refractivity contribution is 0.0115. The van der Waals surface area contributed by atoms with E-state index in [2.05, 4.69) is 30.0 Å². The maximum atomic E-state index is 9.82. The van der Waals surface area contributed by atoms with E-state index in [1.165, 1.54) is 43.5 Å². The molecule has 0 radical (unpaired) electrons. The Morgan fingerprint density at radius 1 is 1.33 bits per heavy atom. The van der Waals surface area contributed by atoms with Gasteiger partial charge in [-0.3, -0.25) is 4.90 Å². The van der Waals surface area contributed by atoms with Crippen molar-refractivity contribution in [1.29, 1.82) is 0 Å². The normalized spacial score (nSPS) is 31.4. The Morgan fingerprint density at radius 3 is 2.85 bits per heavy atom. The van der Waals surface area contributed by atoms with E-state index in [9.17, 15) is 10.2 Å². The summed E-state index contributed by atoms with van der Waals surface area (Å²) in [6.45, 7) is 4.78. The average molecular weight is 374 g/mol. The van der Waals surface area contributed by atoms with Gasteiger partial charge in [0, 0.05) is 18.0 Å². The largest absolute Gasteiger partial charge is 0.497 e. The highest BCUT2D eigenvalue weighted by Crippen LogP contribution is 2.52. The fourth-order valence-corrected chi connectivity index (χ4v) is 5.75. The molecule has 2 unspecified atom stereocenters. The Bertz CT molecular complexity index is 659. The van der Waals surface area contributed by atoms with E-state index in [0.29, 0.717) is 18.4 Å². The first kappa shape index (κ1) is 19.2. The zero-order chi connectivity index (χ0) is 19.0. The summed E-state index contributed by atoms with van der Waals surface area (Å²) < 4.78 is 5.56. The Labute approximate surface area is 163 Å². The number of likely N-dealkylation sites (tertiary alicyclic amines) is 1. The first-order valence-electron chi connectivity index (χ1n) is 10.8. The number of ether oxygens (including phenoxy) is 1. The van der Waals surface area contributed by atoms with Gasteiger partial charge in [0.2, 0.25) is 0 Å². The predicted molar refractivity (Wildman–Crippen MR) is 107 cm³/mol. The topological polar surface area (TPSA) is 52.9 Å². The van der Waals surface area contributed by atoms with Crippen LogP contribution in [0.5, 0.6) is 5.75 Å². The Kier molecular flexibility index (Phi) is 5.50.